The van der Waals surface area contributed by atoms with E-state index in [4.69, 9.17) is 9.47 Å². The molecule has 0 N–H and O–H groups in total. The average molecular weight is 230 g/mol. The Balaban J connectivity index is 1.96. The van der Waals surface area contributed by atoms with E-state index in [9.17, 15) is 0 Å². The lowest BCUT2D eigenvalue weighted by Crippen LogP contribution is -2.45. The Morgan fingerprint density at radius 2 is 1.94 bits per heavy atom. The SMILES string of the molecule is C=CCC1Cc2ccccc2CC12OCCO2. The second-order valence-electron chi connectivity index (χ2n) is 4.88. The molecule has 2 heteroatoms. The summed E-state index contributed by atoms with van der Waals surface area (Å²) in [5.74, 6) is 0.0140. The van der Waals surface area contributed by atoms with Gasteiger partial charge < -0.3 is 9.47 Å². The standard InChI is InChI=1S/C15H18O2/c1-2-5-14-10-12-6-3-4-7-13(12)11-15(14)16-8-9-17-15/h2-4,6-7,14H,1,5,8-11H2. The zero-order chi connectivity index (χ0) is 11.7. The van der Waals surface area contributed by atoms with Crippen LogP contribution in [-0.2, 0) is 22.3 Å². The summed E-state index contributed by atoms with van der Waals surface area (Å²) in [6.07, 6.45) is 4.84. The molecule has 3 rings (SSSR count). The molecule has 1 saturated heterocycles. The third kappa shape index (κ3) is 1.81. The van der Waals surface area contributed by atoms with Crippen molar-refractivity contribution in [1.29, 1.82) is 0 Å². The average Bonchev–Trinajstić information content (AvgIpc) is 2.80. The summed E-state index contributed by atoms with van der Waals surface area (Å²) in [7, 11) is 0. The van der Waals surface area contributed by atoms with Gasteiger partial charge in [-0.15, -0.1) is 6.58 Å². The molecule has 1 aromatic carbocycles. The molecule has 1 fully saturated rings. The summed E-state index contributed by atoms with van der Waals surface area (Å²) in [5, 5.41) is 0. The number of hydrogen-bond donors (Lipinski definition) is 0. The molecular formula is C15H18O2. The lowest BCUT2D eigenvalue weighted by Gasteiger charge is -2.40. The van der Waals surface area contributed by atoms with E-state index >= 15 is 0 Å². The first-order valence-corrected chi connectivity index (χ1v) is 6.30. The normalized spacial score (nSPS) is 25.8. The molecule has 0 radical (unpaired) electrons. The van der Waals surface area contributed by atoms with E-state index in [1.807, 2.05) is 6.08 Å². The number of allylic oxidation sites excluding steroid dienone is 1. The Labute approximate surface area is 102 Å². The molecule has 0 aromatic heterocycles. The van der Waals surface area contributed by atoms with Gasteiger partial charge in [-0.05, 0) is 24.0 Å². The molecule has 2 nitrogen and oxygen atoms in total. The summed E-state index contributed by atoms with van der Waals surface area (Å²) in [4.78, 5) is 0. The van der Waals surface area contributed by atoms with Crippen molar-refractivity contribution in [1.82, 2.24) is 0 Å². The van der Waals surface area contributed by atoms with E-state index in [2.05, 4.69) is 30.8 Å². The van der Waals surface area contributed by atoms with Crippen LogP contribution in [-0.4, -0.2) is 19.0 Å². The van der Waals surface area contributed by atoms with Crippen LogP contribution in [0.25, 0.3) is 0 Å². The van der Waals surface area contributed by atoms with Crippen molar-refractivity contribution in [2.24, 2.45) is 5.92 Å². The van der Waals surface area contributed by atoms with Crippen molar-refractivity contribution < 1.29 is 9.47 Å². The van der Waals surface area contributed by atoms with E-state index in [0.717, 1.165) is 32.5 Å². The van der Waals surface area contributed by atoms with Crippen LogP contribution in [0, 0.1) is 5.92 Å². The van der Waals surface area contributed by atoms with Crippen LogP contribution >= 0.6 is 0 Å². The van der Waals surface area contributed by atoms with Crippen molar-refractivity contribution in [3.63, 3.8) is 0 Å². The van der Waals surface area contributed by atoms with Crippen LogP contribution < -0.4 is 0 Å². The number of benzene rings is 1. The van der Waals surface area contributed by atoms with Gasteiger partial charge in [0.1, 0.15) is 0 Å². The van der Waals surface area contributed by atoms with Crippen molar-refractivity contribution in [3.8, 4) is 0 Å². The molecule has 1 aliphatic heterocycles. The zero-order valence-electron chi connectivity index (χ0n) is 10.0. The van der Waals surface area contributed by atoms with Crippen molar-refractivity contribution in [3.05, 3.63) is 48.0 Å². The fourth-order valence-corrected chi connectivity index (χ4v) is 3.03. The molecular weight excluding hydrogens is 212 g/mol. The molecule has 1 atom stereocenters. The third-order valence-electron chi connectivity index (χ3n) is 3.87. The van der Waals surface area contributed by atoms with Gasteiger partial charge in [-0.1, -0.05) is 30.3 Å². The molecule has 1 heterocycles. The molecule has 1 aromatic rings. The van der Waals surface area contributed by atoms with Gasteiger partial charge in [0.25, 0.3) is 0 Å². The van der Waals surface area contributed by atoms with Gasteiger partial charge in [-0.2, -0.15) is 0 Å². The summed E-state index contributed by atoms with van der Waals surface area (Å²) in [5.41, 5.74) is 2.80. The molecule has 0 bridgehead atoms. The van der Waals surface area contributed by atoms with E-state index < -0.39 is 0 Å². The predicted octanol–water partition coefficient (Wildman–Crippen LogP) is 2.72. The minimum Gasteiger partial charge on any atom is -0.347 e. The second-order valence-corrected chi connectivity index (χ2v) is 4.88. The third-order valence-corrected chi connectivity index (χ3v) is 3.87. The Morgan fingerprint density at radius 1 is 1.24 bits per heavy atom. The first-order valence-electron chi connectivity index (χ1n) is 6.30. The summed E-state index contributed by atoms with van der Waals surface area (Å²) < 4.78 is 11.9. The molecule has 0 saturated carbocycles. The Morgan fingerprint density at radius 3 is 2.65 bits per heavy atom. The number of fused-ring (bicyclic) bond motifs is 1. The van der Waals surface area contributed by atoms with Gasteiger partial charge in [-0.25, -0.2) is 0 Å². The summed E-state index contributed by atoms with van der Waals surface area (Å²) in [6.45, 7) is 5.29. The summed E-state index contributed by atoms with van der Waals surface area (Å²) in [6, 6.07) is 8.60. The van der Waals surface area contributed by atoms with Crippen LogP contribution in [0.2, 0.25) is 0 Å². The summed E-state index contributed by atoms with van der Waals surface area (Å²) >= 11 is 0. The number of ether oxygens (including phenoxy) is 2. The number of hydrogen-bond acceptors (Lipinski definition) is 2. The monoisotopic (exact) mass is 230 g/mol. The van der Waals surface area contributed by atoms with Gasteiger partial charge >= 0.3 is 0 Å². The van der Waals surface area contributed by atoms with Crippen molar-refractivity contribution >= 4 is 0 Å². The largest absolute Gasteiger partial charge is 0.347 e. The Hall–Kier alpha value is -1.12. The predicted molar refractivity (Wildman–Crippen MR) is 66.8 cm³/mol. The minimum absolute atomic E-state index is 0.386. The van der Waals surface area contributed by atoms with Crippen LogP contribution in [0.3, 0.4) is 0 Å². The zero-order valence-corrected chi connectivity index (χ0v) is 10.0. The second kappa shape index (κ2) is 4.28. The number of rotatable bonds is 2. The van der Waals surface area contributed by atoms with Gasteiger partial charge in [0.2, 0.25) is 0 Å². The van der Waals surface area contributed by atoms with Gasteiger partial charge in [-0.3, -0.25) is 0 Å². The lowest BCUT2D eigenvalue weighted by atomic mass is 9.77. The quantitative estimate of drug-likeness (QED) is 0.727. The molecule has 1 spiro atoms. The van der Waals surface area contributed by atoms with Crippen LogP contribution in [0.1, 0.15) is 17.5 Å². The van der Waals surface area contributed by atoms with Crippen LogP contribution in [0.15, 0.2) is 36.9 Å². The fourth-order valence-electron chi connectivity index (χ4n) is 3.03. The maximum Gasteiger partial charge on any atom is 0.175 e. The highest BCUT2D eigenvalue weighted by Gasteiger charge is 2.46. The van der Waals surface area contributed by atoms with E-state index in [0.29, 0.717) is 5.92 Å². The maximum absolute atomic E-state index is 5.93. The van der Waals surface area contributed by atoms with Crippen LogP contribution in [0.5, 0.6) is 0 Å². The van der Waals surface area contributed by atoms with Crippen molar-refractivity contribution in [2.45, 2.75) is 25.0 Å². The van der Waals surface area contributed by atoms with Gasteiger partial charge in [0.05, 0.1) is 13.2 Å². The van der Waals surface area contributed by atoms with E-state index in [1.165, 1.54) is 11.1 Å². The maximum atomic E-state index is 5.93. The van der Waals surface area contributed by atoms with E-state index in [-0.39, 0.29) is 5.79 Å². The van der Waals surface area contributed by atoms with E-state index in [1.54, 1.807) is 0 Å². The highest BCUT2D eigenvalue weighted by Crippen LogP contribution is 2.41. The molecule has 17 heavy (non-hydrogen) atoms. The lowest BCUT2D eigenvalue weighted by molar-refractivity contribution is -0.197. The topological polar surface area (TPSA) is 18.5 Å². The van der Waals surface area contributed by atoms with Crippen molar-refractivity contribution in [2.75, 3.05) is 13.2 Å². The minimum atomic E-state index is -0.386. The Bertz CT molecular complexity index is 419. The first-order chi connectivity index (χ1) is 8.34. The Kier molecular flexibility index (Phi) is 2.77. The highest BCUT2D eigenvalue weighted by molar-refractivity contribution is 5.32. The molecule has 0 amide bonds. The van der Waals surface area contributed by atoms with Gasteiger partial charge in [0.15, 0.2) is 5.79 Å². The first kappa shape index (κ1) is 11.0. The highest BCUT2D eigenvalue weighted by atomic mass is 16.7. The molecule has 90 valence electrons. The fraction of sp³-hybridized carbons (Fsp3) is 0.467. The van der Waals surface area contributed by atoms with Gasteiger partial charge in [0, 0.05) is 12.3 Å². The smallest absolute Gasteiger partial charge is 0.175 e. The molecule has 1 unspecified atom stereocenters. The molecule has 1 aliphatic carbocycles. The molecule has 2 aliphatic rings. The van der Waals surface area contributed by atoms with Crippen LogP contribution in [0.4, 0.5) is 0 Å².